The van der Waals surface area contributed by atoms with Crippen LogP contribution < -0.4 is 11.1 Å². The minimum absolute atomic E-state index is 0.0723. The number of nitrogens with two attached hydrogens (primary N) is 1. The number of nitrogens with zero attached hydrogens (tertiary/aromatic N) is 1. The number of carbonyl (C=O) groups excluding carboxylic acids is 1. The number of halogens is 1. The quantitative estimate of drug-likeness (QED) is 0.881. The molecule has 0 unspecified atom stereocenters. The number of nitrogens with one attached hydrogen (secondary N) is 1. The van der Waals surface area contributed by atoms with Gasteiger partial charge in [0.15, 0.2) is 9.84 Å². The van der Waals surface area contributed by atoms with Crippen molar-refractivity contribution in [1.29, 1.82) is 0 Å². The number of amides is 1. The first-order valence-electron chi connectivity index (χ1n) is 5.76. The first-order chi connectivity index (χ1) is 9.81. The molecule has 2 aromatic rings. The van der Waals surface area contributed by atoms with E-state index in [0.29, 0.717) is 5.01 Å². The van der Waals surface area contributed by atoms with Gasteiger partial charge in [0.25, 0.3) is 5.91 Å². The Balaban J connectivity index is 2.28. The summed E-state index contributed by atoms with van der Waals surface area (Å²) in [5, 5.41) is 5.00. The van der Waals surface area contributed by atoms with Crippen molar-refractivity contribution in [3.05, 3.63) is 39.3 Å². The summed E-state index contributed by atoms with van der Waals surface area (Å²) < 4.78 is 23.0. The van der Waals surface area contributed by atoms with Crippen LogP contribution in [-0.4, -0.2) is 25.6 Å². The van der Waals surface area contributed by atoms with Gasteiger partial charge >= 0.3 is 0 Å². The Labute approximate surface area is 130 Å². The van der Waals surface area contributed by atoms with E-state index in [1.807, 2.05) is 0 Å². The summed E-state index contributed by atoms with van der Waals surface area (Å²) in [4.78, 5) is 16.2. The number of benzene rings is 1. The summed E-state index contributed by atoms with van der Waals surface area (Å²) >= 11 is 7.24. The van der Waals surface area contributed by atoms with Gasteiger partial charge in [0.05, 0.1) is 15.6 Å². The van der Waals surface area contributed by atoms with Crippen LogP contribution in [0.25, 0.3) is 0 Å². The van der Waals surface area contributed by atoms with E-state index < -0.39 is 15.7 Å². The van der Waals surface area contributed by atoms with Crippen LogP contribution in [0, 0.1) is 0 Å². The molecule has 0 bridgehead atoms. The van der Waals surface area contributed by atoms with E-state index in [2.05, 4.69) is 10.3 Å². The highest BCUT2D eigenvalue weighted by Gasteiger charge is 2.15. The molecule has 1 amide bonds. The number of hydrogen-bond donors (Lipinski definition) is 2. The molecule has 2 rings (SSSR count). The van der Waals surface area contributed by atoms with E-state index in [-0.39, 0.29) is 27.8 Å². The molecule has 112 valence electrons. The van der Waals surface area contributed by atoms with Gasteiger partial charge in [0, 0.05) is 18.2 Å². The van der Waals surface area contributed by atoms with Crippen LogP contribution in [0.2, 0.25) is 5.02 Å². The van der Waals surface area contributed by atoms with Gasteiger partial charge in [-0.1, -0.05) is 11.6 Å². The number of hydrogen-bond acceptors (Lipinski definition) is 6. The minimum atomic E-state index is -3.38. The molecule has 1 aromatic heterocycles. The average Bonchev–Trinajstić information content (AvgIpc) is 2.88. The number of sulfone groups is 1. The normalized spacial score (nSPS) is 11.4. The number of carbonyl (C=O) groups is 1. The fourth-order valence-electron chi connectivity index (χ4n) is 1.53. The zero-order chi connectivity index (χ0) is 15.6. The van der Waals surface area contributed by atoms with Gasteiger partial charge in [0.1, 0.15) is 10.7 Å². The van der Waals surface area contributed by atoms with E-state index in [4.69, 9.17) is 17.3 Å². The van der Waals surface area contributed by atoms with E-state index in [0.717, 1.165) is 6.26 Å². The van der Waals surface area contributed by atoms with Crippen LogP contribution in [0.15, 0.2) is 28.5 Å². The van der Waals surface area contributed by atoms with Crippen molar-refractivity contribution >= 4 is 44.4 Å². The summed E-state index contributed by atoms with van der Waals surface area (Å²) in [5.74, 6) is -0.474. The number of rotatable bonds is 4. The number of anilines is 1. The minimum Gasteiger partial charge on any atom is -0.325 e. The van der Waals surface area contributed by atoms with Crippen molar-refractivity contribution in [1.82, 2.24) is 4.98 Å². The van der Waals surface area contributed by atoms with Gasteiger partial charge in [-0.15, -0.1) is 11.3 Å². The van der Waals surface area contributed by atoms with Crippen LogP contribution in [0.4, 0.5) is 5.69 Å². The standard InChI is InChI=1S/C12H12ClN3O3S2/c1-21(18,19)7-2-3-8(13)9(4-7)16-12(17)10-6-20-11(5-14)15-10/h2-4,6H,5,14H2,1H3,(H,16,17). The predicted molar refractivity (Wildman–Crippen MR) is 82.5 cm³/mol. The molecule has 6 nitrogen and oxygen atoms in total. The Morgan fingerprint density at radius 3 is 2.76 bits per heavy atom. The lowest BCUT2D eigenvalue weighted by Gasteiger charge is -2.07. The fourth-order valence-corrected chi connectivity index (χ4v) is 2.99. The molecule has 0 spiro atoms. The van der Waals surface area contributed by atoms with Gasteiger partial charge in [-0.05, 0) is 18.2 Å². The zero-order valence-electron chi connectivity index (χ0n) is 11.0. The lowest BCUT2D eigenvalue weighted by molar-refractivity contribution is 0.102. The van der Waals surface area contributed by atoms with E-state index in [1.165, 1.54) is 29.5 Å². The Morgan fingerprint density at radius 1 is 1.48 bits per heavy atom. The van der Waals surface area contributed by atoms with E-state index in [1.54, 1.807) is 5.38 Å². The highest BCUT2D eigenvalue weighted by atomic mass is 35.5. The predicted octanol–water partition coefficient (Wildman–Crippen LogP) is 1.91. The molecule has 1 aromatic carbocycles. The third kappa shape index (κ3) is 3.79. The van der Waals surface area contributed by atoms with Crippen molar-refractivity contribution in [2.24, 2.45) is 5.73 Å². The third-order valence-electron chi connectivity index (χ3n) is 2.57. The van der Waals surface area contributed by atoms with Crippen LogP contribution in [0.1, 0.15) is 15.5 Å². The second kappa shape index (κ2) is 6.10. The number of aromatic nitrogens is 1. The SMILES string of the molecule is CS(=O)(=O)c1ccc(Cl)c(NC(=O)c2csc(CN)n2)c1. The van der Waals surface area contributed by atoms with Crippen molar-refractivity contribution in [3.8, 4) is 0 Å². The smallest absolute Gasteiger partial charge is 0.275 e. The third-order valence-corrected chi connectivity index (χ3v) is 4.88. The second-order valence-corrected chi connectivity index (χ2v) is 7.56. The van der Waals surface area contributed by atoms with E-state index >= 15 is 0 Å². The first kappa shape index (κ1) is 15.9. The zero-order valence-corrected chi connectivity index (χ0v) is 13.3. The van der Waals surface area contributed by atoms with Crippen LogP contribution in [0.3, 0.4) is 0 Å². The van der Waals surface area contributed by atoms with Gasteiger partial charge in [-0.25, -0.2) is 13.4 Å². The number of thiazole rings is 1. The maximum Gasteiger partial charge on any atom is 0.275 e. The molecular formula is C12H12ClN3O3S2. The van der Waals surface area contributed by atoms with Crippen molar-refractivity contribution in [2.45, 2.75) is 11.4 Å². The largest absolute Gasteiger partial charge is 0.325 e. The van der Waals surface area contributed by atoms with Crippen molar-refractivity contribution in [3.63, 3.8) is 0 Å². The van der Waals surface area contributed by atoms with E-state index in [9.17, 15) is 13.2 Å². The first-order valence-corrected chi connectivity index (χ1v) is 8.91. The summed E-state index contributed by atoms with van der Waals surface area (Å²) in [5.41, 5.74) is 5.86. The molecule has 0 aliphatic carbocycles. The molecule has 0 aliphatic rings. The summed E-state index contributed by atoms with van der Waals surface area (Å²) in [6, 6.07) is 4.11. The maximum atomic E-state index is 12.0. The molecule has 21 heavy (non-hydrogen) atoms. The molecule has 0 saturated heterocycles. The average molecular weight is 346 g/mol. The monoisotopic (exact) mass is 345 g/mol. The van der Waals surface area contributed by atoms with Gasteiger partial charge in [-0.2, -0.15) is 0 Å². The summed E-state index contributed by atoms with van der Waals surface area (Å²) in [7, 11) is -3.38. The Bertz CT molecular complexity index is 787. The van der Waals surface area contributed by atoms with Crippen LogP contribution in [-0.2, 0) is 16.4 Å². The fraction of sp³-hybridized carbons (Fsp3) is 0.167. The topological polar surface area (TPSA) is 102 Å². The molecule has 3 N–H and O–H groups in total. The highest BCUT2D eigenvalue weighted by Crippen LogP contribution is 2.26. The lowest BCUT2D eigenvalue weighted by Crippen LogP contribution is -2.13. The van der Waals surface area contributed by atoms with Crippen molar-refractivity contribution in [2.75, 3.05) is 11.6 Å². The Kier molecular flexibility index (Phi) is 4.62. The molecule has 0 atom stereocenters. The molecular weight excluding hydrogens is 334 g/mol. The van der Waals surface area contributed by atoms with Gasteiger partial charge in [-0.3, -0.25) is 4.79 Å². The van der Waals surface area contributed by atoms with Gasteiger partial charge in [0.2, 0.25) is 0 Å². The second-order valence-electron chi connectivity index (χ2n) is 4.20. The summed E-state index contributed by atoms with van der Waals surface area (Å²) in [6.45, 7) is 0.252. The molecule has 0 saturated carbocycles. The molecule has 0 aliphatic heterocycles. The highest BCUT2D eigenvalue weighted by molar-refractivity contribution is 7.90. The molecule has 9 heteroatoms. The van der Waals surface area contributed by atoms with Crippen molar-refractivity contribution < 1.29 is 13.2 Å². The maximum absolute atomic E-state index is 12.0. The molecule has 0 fully saturated rings. The Hall–Kier alpha value is -1.48. The van der Waals surface area contributed by atoms with Crippen LogP contribution in [0.5, 0.6) is 0 Å². The molecule has 1 heterocycles. The van der Waals surface area contributed by atoms with Gasteiger partial charge < -0.3 is 11.1 Å². The lowest BCUT2D eigenvalue weighted by atomic mass is 10.3. The summed E-state index contributed by atoms with van der Waals surface area (Å²) in [6.07, 6.45) is 1.08. The Morgan fingerprint density at radius 2 is 2.19 bits per heavy atom. The van der Waals surface area contributed by atoms with Crippen LogP contribution >= 0.6 is 22.9 Å². The molecule has 0 radical (unpaired) electrons.